The van der Waals surface area contributed by atoms with Crippen LogP contribution in [0.1, 0.15) is 44.5 Å². The molecule has 4 saturated heterocycles. The number of halogens is 6. The van der Waals surface area contributed by atoms with Crippen molar-refractivity contribution in [3.05, 3.63) is 34.7 Å². The number of anilines is 1. The van der Waals surface area contributed by atoms with Crippen LogP contribution in [-0.2, 0) is 6.18 Å². The summed E-state index contributed by atoms with van der Waals surface area (Å²) in [5.74, 6) is -1.95. The van der Waals surface area contributed by atoms with Gasteiger partial charge in [0.2, 0.25) is 0 Å². The van der Waals surface area contributed by atoms with Crippen LogP contribution < -0.4 is 15.0 Å². The highest BCUT2D eigenvalue weighted by molar-refractivity contribution is 6.32. The van der Waals surface area contributed by atoms with E-state index in [0.717, 1.165) is 23.9 Å². The summed E-state index contributed by atoms with van der Waals surface area (Å²) in [4.78, 5) is 15.2. The molecular formula is C28H28ClF5N6O2. The third kappa shape index (κ3) is 4.69. The Balaban J connectivity index is 1.39. The highest BCUT2D eigenvalue weighted by atomic mass is 35.5. The maximum atomic E-state index is 16.5. The zero-order valence-electron chi connectivity index (χ0n) is 26.9. The Bertz CT molecular complexity index is 1780. The fraction of sp³-hybridized carbons (Fsp3) is 0.536. The number of phenols is 1. The quantitative estimate of drug-likeness (QED) is 0.384. The largest absolute Gasteiger partial charge is 0.508 e. The first-order valence-corrected chi connectivity index (χ1v) is 13.8. The number of nitrogens with zero attached hydrogens (tertiary/aromatic N) is 5. The first kappa shape index (κ1) is 22.5. The smallest absolute Gasteiger partial charge is 0.418 e. The van der Waals surface area contributed by atoms with Crippen LogP contribution in [0.25, 0.3) is 22.2 Å². The Hall–Kier alpha value is -3.03. The number of ether oxygens (including phenoxy) is 1. The predicted octanol–water partition coefficient (Wildman–Crippen LogP) is 5.10. The number of rotatable bonds is 5. The third-order valence-corrected chi connectivity index (χ3v) is 8.58. The summed E-state index contributed by atoms with van der Waals surface area (Å²) in [6, 6.07) is 0.713. The standard InChI is InChI=1S/C28H28ClF5N6O2/c29-20-7-17(41)6-18(21(20)28(32,33)34)23-22(31)24-19(9-35-23)25(39-11-15-2-3-16(12-39)36-15)38-26(37-24)42-13-27-4-1-5-40(27)10-14(30)8-27/h6-7,9,14-16,36,41H,1-5,8,10-13H2/t14-,15-,16+,27+/m1/s1/i5D2,13D2,14D. The minimum Gasteiger partial charge on any atom is -0.508 e. The summed E-state index contributed by atoms with van der Waals surface area (Å²) < 4.78 is 122. The van der Waals surface area contributed by atoms with Crippen molar-refractivity contribution in [3.63, 3.8) is 0 Å². The van der Waals surface area contributed by atoms with Crippen molar-refractivity contribution in [2.24, 2.45) is 0 Å². The number of alkyl halides is 4. The molecule has 14 heteroatoms. The van der Waals surface area contributed by atoms with E-state index in [1.165, 1.54) is 0 Å². The molecule has 3 aromatic rings. The van der Waals surface area contributed by atoms with Gasteiger partial charge >= 0.3 is 12.2 Å². The van der Waals surface area contributed by atoms with Crippen molar-refractivity contribution in [2.45, 2.75) is 62.1 Å². The van der Waals surface area contributed by atoms with E-state index in [-0.39, 0.29) is 36.1 Å². The van der Waals surface area contributed by atoms with Gasteiger partial charge in [0.15, 0.2) is 5.82 Å². The van der Waals surface area contributed by atoms with Crippen molar-refractivity contribution < 1.29 is 38.6 Å². The van der Waals surface area contributed by atoms with Crippen LogP contribution in [0.2, 0.25) is 5.02 Å². The molecule has 4 aliphatic rings. The molecule has 7 rings (SSSR count). The summed E-state index contributed by atoms with van der Waals surface area (Å²) in [6.07, 6.45) is -6.07. The molecule has 4 aliphatic heterocycles. The first-order valence-electron chi connectivity index (χ1n) is 15.9. The van der Waals surface area contributed by atoms with Gasteiger partial charge in [-0.2, -0.15) is 23.1 Å². The Morgan fingerprint density at radius 1 is 1.24 bits per heavy atom. The number of nitrogens with one attached hydrogen (secondary N) is 1. The molecule has 0 spiro atoms. The summed E-state index contributed by atoms with van der Waals surface area (Å²) >= 11 is 5.84. The second-order valence-electron chi connectivity index (χ2n) is 11.1. The van der Waals surface area contributed by atoms with Gasteiger partial charge in [0.25, 0.3) is 0 Å². The minimum atomic E-state index is -5.06. The number of pyridine rings is 1. The van der Waals surface area contributed by atoms with E-state index in [1.54, 1.807) is 4.90 Å². The normalized spacial score (nSPS) is 32.7. The van der Waals surface area contributed by atoms with Gasteiger partial charge in [-0.3, -0.25) is 9.88 Å². The van der Waals surface area contributed by atoms with Crippen LogP contribution in [0.3, 0.4) is 0 Å². The van der Waals surface area contributed by atoms with E-state index in [9.17, 15) is 18.3 Å². The van der Waals surface area contributed by atoms with E-state index >= 15 is 8.78 Å². The second kappa shape index (κ2) is 10.0. The third-order valence-electron chi connectivity index (χ3n) is 8.28. The fourth-order valence-corrected chi connectivity index (χ4v) is 6.76. The molecule has 2 N–H and O–H groups in total. The molecule has 4 atom stereocenters. The molecule has 224 valence electrons. The van der Waals surface area contributed by atoms with E-state index in [2.05, 4.69) is 20.3 Å². The van der Waals surface area contributed by atoms with Crippen LogP contribution in [0.5, 0.6) is 11.8 Å². The molecular weight excluding hydrogens is 583 g/mol. The highest BCUT2D eigenvalue weighted by Gasteiger charge is 2.49. The minimum absolute atomic E-state index is 0.00735. The number of benzene rings is 1. The maximum absolute atomic E-state index is 16.5. The number of piperazine rings is 1. The first-order chi connectivity index (χ1) is 21.8. The summed E-state index contributed by atoms with van der Waals surface area (Å²) in [7, 11) is 0. The molecule has 0 unspecified atom stereocenters. The molecule has 0 radical (unpaired) electrons. The SMILES string of the molecule is [2H]C1([2H])CC[C@@]2(C([2H])([2H])Oc3nc(N4C[C@H]5CC[C@@H](C4)N5)c4cnc(-c5cc(O)cc(Cl)c5C(F)(F)F)c(F)c4n3)C[C@@]([2H])(F)CN12. The molecule has 0 saturated carbocycles. The van der Waals surface area contributed by atoms with Crippen LogP contribution in [-0.4, -0.2) is 81.4 Å². The van der Waals surface area contributed by atoms with E-state index < -0.39 is 88.8 Å². The lowest BCUT2D eigenvalue weighted by molar-refractivity contribution is -0.137. The molecule has 1 aromatic carbocycles. The van der Waals surface area contributed by atoms with Crippen LogP contribution in [0, 0.1) is 5.82 Å². The van der Waals surface area contributed by atoms with Gasteiger partial charge in [-0.25, -0.2) is 8.78 Å². The Morgan fingerprint density at radius 3 is 2.74 bits per heavy atom. The van der Waals surface area contributed by atoms with Gasteiger partial charge in [-0.1, -0.05) is 11.6 Å². The Kier molecular flexibility index (Phi) is 5.37. The molecule has 6 heterocycles. The van der Waals surface area contributed by atoms with Crippen molar-refractivity contribution in [2.75, 3.05) is 37.6 Å². The molecule has 42 heavy (non-hydrogen) atoms. The highest BCUT2D eigenvalue weighted by Crippen LogP contribution is 2.45. The summed E-state index contributed by atoms with van der Waals surface area (Å²) in [5, 5.41) is 12.6. The van der Waals surface area contributed by atoms with E-state index in [4.69, 9.17) is 23.2 Å². The molecule has 0 aliphatic carbocycles. The van der Waals surface area contributed by atoms with Gasteiger partial charge in [0, 0.05) is 52.6 Å². The second-order valence-corrected chi connectivity index (χ2v) is 11.5. The summed E-state index contributed by atoms with van der Waals surface area (Å²) in [5.41, 5.74) is -5.65. The predicted molar refractivity (Wildman–Crippen MR) is 145 cm³/mol. The lowest BCUT2D eigenvalue weighted by Gasteiger charge is -2.34. The Labute approximate surface area is 249 Å². The summed E-state index contributed by atoms with van der Waals surface area (Å²) in [6.45, 7) is -4.96. The zero-order valence-corrected chi connectivity index (χ0v) is 22.7. The number of hydrogen-bond acceptors (Lipinski definition) is 8. The molecule has 4 fully saturated rings. The number of phenolic OH excluding ortho intramolecular Hbond substituents is 1. The number of fused-ring (bicyclic) bond motifs is 4. The van der Waals surface area contributed by atoms with Crippen molar-refractivity contribution in [1.82, 2.24) is 25.2 Å². The molecule has 2 bridgehead atoms. The lowest BCUT2D eigenvalue weighted by Crippen LogP contribution is -2.51. The number of aromatic hydroxyl groups is 1. The molecule has 0 amide bonds. The molecule has 2 aromatic heterocycles. The van der Waals surface area contributed by atoms with Crippen molar-refractivity contribution >= 4 is 28.3 Å². The average Bonchev–Trinajstić information content (AvgIpc) is 3.54. The Morgan fingerprint density at radius 2 is 2.00 bits per heavy atom. The van der Waals surface area contributed by atoms with Crippen LogP contribution in [0.15, 0.2) is 18.3 Å². The van der Waals surface area contributed by atoms with E-state index in [0.29, 0.717) is 25.2 Å². The van der Waals surface area contributed by atoms with Crippen molar-refractivity contribution in [1.29, 1.82) is 0 Å². The van der Waals surface area contributed by atoms with Gasteiger partial charge in [0.05, 0.1) is 25.6 Å². The van der Waals surface area contributed by atoms with Crippen LogP contribution in [0.4, 0.5) is 27.8 Å². The van der Waals surface area contributed by atoms with Crippen molar-refractivity contribution in [3.8, 4) is 23.0 Å². The fourth-order valence-electron chi connectivity index (χ4n) is 6.44. The van der Waals surface area contributed by atoms with Gasteiger partial charge in [-0.15, -0.1) is 0 Å². The lowest BCUT2D eigenvalue weighted by atomic mass is 9.95. The molecule has 8 nitrogen and oxygen atoms in total. The maximum Gasteiger partial charge on any atom is 0.418 e. The monoisotopic (exact) mass is 615 g/mol. The van der Waals surface area contributed by atoms with Gasteiger partial charge in [0.1, 0.15) is 35.5 Å². The average molecular weight is 616 g/mol. The topological polar surface area (TPSA) is 86.6 Å². The zero-order chi connectivity index (χ0) is 33.9. The van der Waals surface area contributed by atoms with Crippen LogP contribution >= 0.6 is 11.6 Å². The number of aromatic nitrogens is 3. The van der Waals surface area contributed by atoms with Gasteiger partial charge < -0.3 is 20.1 Å². The number of hydrogen-bond donors (Lipinski definition) is 2. The van der Waals surface area contributed by atoms with Gasteiger partial charge in [-0.05, 0) is 44.3 Å². The van der Waals surface area contributed by atoms with E-state index in [1.807, 2.05) is 0 Å².